The number of carbonyl (C=O) groups excluding carboxylic acids is 1. The number of thiazole rings is 1. The van der Waals surface area contributed by atoms with Gasteiger partial charge in [-0.3, -0.25) is 24.4 Å². The van der Waals surface area contributed by atoms with E-state index in [1.807, 2.05) is 30.5 Å². The number of nitro benzene ring substituents is 1. The lowest BCUT2D eigenvalue weighted by Crippen LogP contribution is -2.23. The molecule has 11 heteroatoms. The minimum absolute atomic E-state index is 0.0790. The molecule has 2 heterocycles. The molecule has 9 nitrogen and oxygen atoms in total. The van der Waals surface area contributed by atoms with E-state index >= 15 is 0 Å². The number of para-hydroxylation sites is 1. The molecular weight excluding hydrogens is 462 g/mol. The number of carbonyl (C=O) groups is 1. The lowest BCUT2D eigenvalue weighted by Gasteiger charge is -2.07. The maximum atomic E-state index is 13.0. The van der Waals surface area contributed by atoms with Crippen LogP contribution >= 0.6 is 23.1 Å². The third kappa shape index (κ3) is 4.45. The van der Waals surface area contributed by atoms with Crippen molar-refractivity contribution < 1.29 is 9.72 Å². The molecule has 33 heavy (non-hydrogen) atoms. The van der Waals surface area contributed by atoms with Crippen LogP contribution in [0.5, 0.6) is 0 Å². The number of hydrogen-bond donors (Lipinski definition) is 1. The van der Waals surface area contributed by atoms with Gasteiger partial charge in [-0.2, -0.15) is 0 Å². The van der Waals surface area contributed by atoms with Crippen molar-refractivity contribution in [3.8, 4) is 5.69 Å². The summed E-state index contributed by atoms with van der Waals surface area (Å²) in [5, 5.41) is 16.1. The van der Waals surface area contributed by atoms with Crippen LogP contribution < -0.4 is 10.9 Å². The van der Waals surface area contributed by atoms with Crippen molar-refractivity contribution in [3.63, 3.8) is 0 Å². The van der Waals surface area contributed by atoms with Crippen molar-refractivity contribution in [2.45, 2.75) is 23.1 Å². The van der Waals surface area contributed by atoms with Gasteiger partial charge < -0.3 is 5.32 Å². The van der Waals surface area contributed by atoms with Crippen LogP contribution in [0.3, 0.4) is 0 Å². The molecule has 1 amide bonds. The summed E-state index contributed by atoms with van der Waals surface area (Å²) in [4.78, 5) is 41.8. The molecule has 0 aliphatic carbocycles. The fourth-order valence-corrected chi connectivity index (χ4v) is 5.14. The van der Waals surface area contributed by atoms with Gasteiger partial charge in [-0.15, -0.1) is 11.3 Å². The van der Waals surface area contributed by atoms with Crippen molar-refractivity contribution >= 4 is 40.4 Å². The van der Waals surface area contributed by atoms with Crippen molar-refractivity contribution in [1.29, 1.82) is 0 Å². The van der Waals surface area contributed by atoms with Gasteiger partial charge in [-0.25, -0.2) is 9.67 Å². The fourth-order valence-electron chi connectivity index (χ4n) is 3.26. The van der Waals surface area contributed by atoms with Crippen LogP contribution in [0, 0.1) is 24.0 Å². The summed E-state index contributed by atoms with van der Waals surface area (Å²) in [6, 6.07) is 13.3. The third-order valence-corrected chi connectivity index (χ3v) is 7.13. The van der Waals surface area contributed by atoms with E-state index in [4.69, 9.17) is 0 Å². The Morgan fingerprint density at radius 3 is 2.55 bits per heavy atom. The SMILES string of the molecule is Cc1csc(Sc2ccc(C(=O)Nc3c(C)n(C)n(-c4ccccc4)c3=O)cc2[N+](=O)[O-])n1. The quantitative estimate of drug-likeness (QED) is 0.319. The number of nitro groups is 1. The molecule has 0 aliphatic heterocycles. The van der Waals surface area contributed by atoms with Crippen LogP contribution in [0.15, 0.2) is 67.9 Å². The topological polar surface area (TPSA) is 112 Å². The maximum absolute atomic E-state index is 13.0. The predicted molar refractivity (Wildman–Crippen MR) is 128 cm³/mol. The van der Waals surface area contributed by atoms with E-state index in [2.05, 4.69) is 10.3 Å². The van der Waals surface area contributed by atoms with Crippen molar-refractivity contribution in [1.82, 2.24) is 14.3 Å². The summed E-state index contributed by atoms with van der Waals surface area (Å²) < 4.78 is 3.77. The van der Waals surface area contributed by atoms with Gasteiger partial charge in [0.2, 0.25) is 0 Å². The van der Waals surface area contributed by atoms with Crippen LogP contribution in [0.25, 0.3) is 5.69 Å². The number of anilines is 1. The number of amides is 1. The molecule has 0 saturated heterocycles. The summed E-state index contributed by atoms with van der Waals surface area (Å²) in [5.74, 6) is -0.606. The molecule has 0 unspecified atom stereocenters. The van der Waals surface area contributed by atoms with Crippen molar-refractivity contribution in [3.05, 3.63) is 91.3 Å². The number of hydrogen-bond acceptors (Lipinski definition) is 7. The molecule has 4 aromatic rings. The Bertz CT molecular complexity index is 1420. The summed E-state index contributed by atoms with van der Waals surface area (Å²) in [7, 11) is 1.72. The molecule has 0 radical (unpaired) electrons. The van der Waals surface area contributed by atoms with Crippen LogP contribution in [0.4, 0.5) is 11.4 Å². The van der Waals surface area contributed by atoms with Gasteiger partial charge in [0.25, 0.3) is 17.2 Å². The van der Waals surface area contributed by atoms with E-state index in [1.165, 1.54) is 46.0 Å². The fraction of sp³-hybridized carbons (Fsp3) is 0.136. The lowest BCUT2D eigenvalue weighted by atomic mass is 10.2. The van der Waals surface area contributed by atoms with E-state index in [-0.39, 0.29) is 16.9 Å². The standard InChI is InChI=1S/C22H19N5O4S2/c1-13-12-32-22(23-13)33-18-10-9-15(11-17(18)27(30)31)20(28)24-19-14(2)25(3)26(21(19)29)16-7-5-4-6-8-16/h4-12H,1-3H3,(H,24,28). The Balaban J connectivity index is 1.65. The summed E-state index contributed by atoms with van der Waals surface area (Å²) in [6.45, 7) is 3.56. The van der Waals surface area contributed by atoms with Gasteiger partial charge in [0, 0.05) is 29.8 Å². The summed E-state index contributed by atoms with van der Waals surface area (Å²) >= 11 is 2.57. The van der Waals surface area contributed by atoms with Gasteiger partial charge in [0.1, 0.15) is 5.69 Å². The largest absolute Gasteiger partial charge is 0.316 e. The average Bonchev–Trinajstić information content (AvgIpc) is 3.30. The first-order chi connectivity index (χ1) is 15.8. The second kappa shape index (κ2) is 9.04. The molecule has 0 atom stereocenters. The highest BCUT2D eigenvalue weighted by Crippen LogP contribution is 2.37. The second-order valence-corrected chi connectivity index (χ2v) is 9.33. The Labute approximate surface area is 196 Å². The van der Waals surface area contributed by atoms with Crippen LogP contribution in [0.2, 0.25) is 0 Å². The highest BCUT2D eigenvalue weighted by Gasteiger charge is 2.22. The molecule has 2 aromatic heterocycles. The van der Waals surface area contributed by atoms with Crippen molar-refractivity contribution in [2.75, 3.05) is 5.32 Å². The Morgan fingerprint density at radius 2 is 1.91 bits per heavy atom. The van der Waals surface area contributed by atoms with Crippen LogP contribution in [-0.2, 0) is 7.05 Å². The molecule has 168 valence electrons. The monoisotopic (exact) mass is 481 g/mol. The molecule has 0 aliphatic rings. The van der Waals surface area contributed by atoms with Gasteiger partial charge in [-0.1, -0.05) is 30.0 Å². The molecule has 4 rings (SSSR count). The minimum Gasteiger partial charge on any atom is -0.316 e. The molecule has 0 bridgehead atoms. The first-order valence-electron chi connectivity index (χ1n) is 9.80. The van der Waals surface area contributed by atoms with E-state index < -0.39 is 16.4 Å². The van der Waals surface area contributed by atoms with Crippen LogP contribution in [-0.4, -0.2) is 25.2 Å². The predicted octanol–water partition coefficient (Wildman–Crippen LogP) is 4.56. The number of aryl methyl sites for hydroxylation is 1. The molecule has 1 N–H and O–H groups in total. The van der Waals surface area contributed by atoms with E-state index in [0.717, 1.165) is 5.69 Å². The molecule has 2 aromatic carbocycles. The van der Waals surface area contributed by atoms with Gasteiger partial charge >= 0.3 is 0 Å². The molecular formula is C22H19N5O4S2. The van der Waals surface area contributed by atoms with E-state index in [1.54, 1.807) is 30.8 Å². The first-order valence-corrected chi connectivity index (χ1v) is 11.5. The maximum Gasteiger partial charge on any atom is 0.295 e. The van der Waals surface area contributed by atoms with Crippen LogP contribution in [0.1, 0.15) is 21.7 Å². The second-order valence-electron chi connectivity index (χ2n) is 7.19. The number of aromatic nitrogens is 3. The highest BCUT2D eigenvalue weighted by atomic mass is 32.2. The Morgan fingerprint density at radius 1 is 1.18 bits per heavy atom. The summed E-state index contributed by atoms with van der Waals surface area (Å²) in [6.07, 6.45) is 0. The van der Waals surface area contributed by atoms with Gasteiger partial charge in [0.15, 0.2) is 4.34 Å². The zero-order valence-corrected chi connectivity index (χ0v) is 19.6. The van der Waals surface area contributed by atoms with Gasteiger partial charge in [0.05, 0.1) is 21.2 Å². The first kappa shape index (κ1) is 22.5. The minimum atomic E-state index is -0.606. The number of rotatable bonds is 6. The van der Waals surface area contributed by atoms with E-state index in [0.29, 0.717) is 20.6 Å². The molecule has 0 fully saturated rings. The molecule has 0 saturated carbocycles. The number of nitrogens with zero attached hydrogens (tertiary/aromatic N) is 4. The normalized spacial score (nSPS) is 10.9. The Hall–Kier alpha value is -3.70. The lowest BCUT2D eigenvalue weighted by molar-refractivity contribution is -0.387. The number of nitrogens with one attached hydrogen (secondary N) is 1. The Kier molecular flexibility index (Phi) is 6.16. The zero-order chi connectivity index (χ0) is 23.7. The smallest absolute Gasteiger partial charge is 0.295 e. The summed E-state index contributed by atoms with van der Waals surface area (Å²) in [5.41, 5.74) is 1.64. The highest BCUT2D eigenvalue weighted by molar-refractivity contribution is 8.01. The van der Waals surface area contributed by atoms with Gasteiger partial charge in [-0.05, 0) is 38.1 Å². The average molecular weight is 482 g/mol. The molecule has 0 spiro atoms. The van der Waals surface area contributed by atoms with Crippen molar-refractivity contribution in [2.24, 2.45) is 7.05 Å². The third-order valence-electron chi connectivity index (χ3n) is 5.01. The zero-order valence-electron chi connectivity index (χ0n) is 17.9. The number of benzene rings is 2. The van der Waals surface area contributed by atoms with E-state index in [9.17, 15) is 19.7 Å².